The number of hydrogen-bond acceptors (Lipinski definition) is 5. The molecule has 0 bridgehead atoms. The van der Waals surface area contributed by atoms with E-state index in [1.807, 2.05) is 30.3 Å². The molecule has 8 nitrogen and oxygen atoms in total. The number of amides is 3. The summed E-state index contributed by atoms with van der Waals surface area (Å²) in [6.07, 6.45) is 5.29. The first kappa shape index (κ1) is 32.0. The van der Waals surface area contributed by atoms with Crippen LogP contribution in [0.25, 0.3) is 0 Å². The Balaban J connectivity index is 1.39. The van der Waals surface area contributed by atoms with Gasteiger partial charge in [-0.1, -0.05) is 91.0 Å². The summed E-state index contributed by atoms with van der Waals surface area (Å²) in [4.78, 5) is 42.3. The molecule has 0 unspecified atom stereocenters. The molecule has 0 spiro atoms. The highest BCUT2D eigenvalue weighted by atomic mass is 35.5. The number of hydrogen-bond donors (Lipinski definition) is 1. The standard InChI is InChI=1S/C33H35Cl2N3O5S/c34-25-18-17-24(28(35)21-25)22-37(29(20-23-10-3-1-4-11-23)32(40)36-26-12-5-2-6-13-26)31(39)16-9-19-38-33(41)27-14-7-8-15-30(27)44(38,42)43/h1,3-4,7-8,10-11,14-15,17-18,21,26,29H,2,5-6,9,12-13,16,19-20,22H2,(H,36,40)/t29-/m0/s1. The molecule has 1 saturated carbocycles. The van der Waals surface area contributed by atoms with Gasteiger partial charge in [-0.2, -0.15) is 0 Å². The highest BCUT2D eigenvalue weighted by molar-refractivity contribution is 7.90. The fourth-order valence-corrected chi connectivity index (χ4v) is 7.98. The molecule has 1 N–H and O–H groups in total. The highest BCUT2D eigenvalue weighted by Gasteiger charge is 2.40. The van der Waals surface area contributed by atoms with Crippen LogP contribution in [0.15, 0.2) is 77.7 Å². The Hall–Kier alpha value is -3.40. The van der Waals surface area contributed by atoms with Crippen LogP contribution >= 0.6 is 23.2 Å². The van der Waals surface area contributed by atoms with Gasteiger partial charge in [0.05, 0.1) is 5.56 Å². The van der Waals surface area contributed by atoms with Gasteiger partial charge < -0.3 is 10.2 Å². The minimum atomic E-state index is -3.99. The Kier molecular flexibility index (Phi) is 10.3. The lowest BCUT2D eigenvalue weighted by atomic mass is 9.94. The molecular formula is C33H35Cl2N3O5S. The zero-order valence-electron chi connectivity index (χ0n) is 24.3. The predicted molar refractivity (Wildman–Crippen MR) is 170 cm³/mol. The van der Waals surface area contributed by atoms with E-state index in [0.29, 0.717) is 15.6 Å². The van der Waals surface area contributed by atoms with Crippen molar-refractivity contribution in [3.8, 4) is 0 Å². The number of sulfonamides is 1. The number of carbonyl (C=O) groups excluding carboxylic acids is 3. The third-order valence-corrected chi connectivity index (χ3v) is 10.7. The summed E-state index contributed by atoms with van der Waals surface area (Å²) in [7, 11) is -3.99. The van der Waals surface area contributed by atoms with Gasteiger partial charge in [-0.25, -0.2) is 12.7 Å². The van der Waals surface area contributed by atoms with E-state index in [1.165, 1.54) is 17.0 Å². The van der Waals surface area contributed by atoms with E-state index in [9.17, 15) is 22.8 Å². The molecule has 1 aliphatic heterocycles. The molecule has 44 heavy (non-hydrogen) atoms. The van der Waals surface area contributed by atoms with Gasteiger partial charge in [0.15, 0.2) is 0 Å². The summed E-state index contributed by atoms with van der Waals surface area (Å²) in [6.45, 7) is -0.106. The van der Waals surface area contributed by atoms with Crippen LogP contribution in [0.1, 0.15) is 66.4 Å². The normalized spacial score (nSPS) is 16.8. The summed E-state index contributed by atoms with van der Waals surface area (Å²) in [6, 6.07) is 19.8. The zero-order valence-corrected chi connectivity index (χ0v) is 26.6. The lowest BCUT2D eigenvalue weighted by molar-refractivity contribution is -0.141. The Labute approximate surface area is 268 Å². The molecule has 3 amide bonds. The number of nitrogens with one attached hydrogen (secondary N) is 1. The molecule has 0 saturated heterocycles. The molecule has 0 radical (unpaired) electrons. The first-order valence-corrected chi connectivity index (χ1v) is 17.1. The maximum absolute atomic E-state index is 14.0. The van der Waals surface area contributed by atoms with Gasteiger partial charge in [-0.15, -0.1) is 0 Å². The minimum absolute atomic E-state index is 0.0300. The van der Waals surface area contributed by atoms with Crippen molar-refractivity contribution in [2.45, 2.75) is 74.9 Å². The van der Waals surface area contributed by atoms with Gasteiger partial charge in [0.1, 0.15) is 10.9 Å². The predicted octanol–water partition coefficient (Wildman–Crippen LogP) is 6.01. The van der Waals surface area contributed by atoms with Gasteiger partial charge in [0.25, 0.3) is 15.9 Å². The third kappa shape index (κ3) is 7.28. The first-order chi connectivity index (χ1) is 21.1. The number of nitrogens with zero attached hydrogens (tertiary/aromatic N) is 2. The van der Waals surface area contributed by atoms with Crippen molar-refractivity contribution < 1.29 is 22.8 Å². The maximum Gasteiger partial charge on any atom is 0.269 e. The molecular weight excluding hydrogens is 621 g/mol. The Morgan fingerprint density at radius 3 is 2.36 bits per heavy atom. The second kappa shape index (κ2) is 14.1. The van der Waals surface area contributed by atoms with E-state index in [1.54, 1.807) is 30.3 Å². The largest absolute Gasteiger partial charge is 0.352 e. The van der Waals surface area contributed by atoms with Crippen LogP contribution in [0.4, 0.5) is 0 Å². The van der Waals surface area contributed by atoms with Gasteiger partial charge in [-0.3, -0.25) is 14.4 Å². The molecule has 1 heterocycles. The van der Waals surface area contributed by atoms with Crippen LogP contribution in [0, 0.1) is 0 Å². The first-order valence-electron chi connectivity index (χ1n) is 14.9. The molecule has 2 aliphatic rings. The summed E-state index contributed by atoms with van der Waals surface area (Å²) in [5.41, 5.74) is 1.64. The second-order valence-electron chi connectivity index (χ2n) is 11.3. The fraction of sp³-hybridized carbons (Fsp3) is 0.364. The average molecular weight is 657 g/mol. The summed E-state index contributed by atoms with van der Waals surface area (Å²) >= 11 is 12.7. The van der Waals surface area contributed by atoms with Crippen LogP contribution < -0.4 is 5.32 Å². The van der Waals surface area contributed by atoms with Crippen molar-refractivity contribution in [2.24, 2.45) is 0 Å². The van der Waals surface area contributed by atoms with Gasteiger partial charge >= 0.3 is 0 Å². The number of fused-ring (bicyclic) bond motifs is 1. The number of rotatable bonds is 11. The van der Waals surface area contributed by atoms with Crippen molar-refractivity contribution in [3.05, 3.63) is 99.5 Å². The summed E-state index contributed by atoms with van der Waals surface area (Å²) < 4.78 is 26.9. The summed E-state index contributed by atoms with van der Waals surface area (Å²) in [5, 5.41) is 4.01. The molecule has 232 valence electrons. The van der Waals surface area contributed by atoms with Crippen molar-refractivity contribution in [2.75, 3.05) is 6.54 Å². The molecule has 3 aromatic rings. The monoisotopic (exact) mass is 655 g/mol. The smallest absolute Gasteiger partial charge is 0.269 e. The number of benzene rings is 3. The zero-order chi connectivity index (χ0) is 31.3. The van der Waals surface area contributed by atoms with Crippen molar-refractivity contribution in [3.63, 3.8) is 0 Å². The lowest BCUT2D eigenvalue weighted by Gasteiger charge is -2.34. The van der Waals surface area contributed by atoms with Crippen LogP contribution in [-0.4, -0.2) is 54.0 Å². The van der Waals surface area contributed by atoms with Crippen LogP contribution in [0.3, 0.4) is 0 Å². The molecule has 1 atom stereocenters. The molecule has 3 aromatic carbocycles. The average Bonchev–Trinajstić information content (AvgIpc) is 3.21. The third-order valence-electron chi connectivity index (χ3n) is 8.24. The van der Waals surface area contributed by atoms with Gasteiger partial charge in [0, 0.05) is 42.0 Å². The fourth-order valence-electron chi connectivity index (χ4n) is 5.90. The topological polar surface area (TPSA) is 104 Å². The Morgan fingerprint density at radius 2 is 1.66 bits per heavy atom. The second-order valence-corrected chi connectivity index (χ2v) is 14.0. The van der Waals surface area contributed by atoms with Gasteiger partial charge in [0.2, 0.25) is 11.8 Å². The van der Waals surface area contributed by atoms with Crippen molar-refractivity contribution >= 4 is 50.9 Å². The quantitative estimate of drug-likeness (QED) is 0.273. The van der Waals surface area contributed by atoms with Crippen LogP contribution in [-0.2, 0) is 32.6 Å². The molecule has 11 heteroatoms. The SMILES string of the molecule is O=C(NC1CCCCC1)[C@H](Cc1ccccc1)N(Cc1ccc(Cl)cc1Cl)C(=O)CCCN1C(=O)c2ccccc2S1(=O)=O. The van der Waals surface area contributed by atoms with E-state index in [-0.39, 0.29) is 60.7 Å². The van der Waals surface area contributed by atoms with Crippen molar-refractivity contribution in [1.82, 2.24) is 14.5 Å². The van der Waals surface area contributed by atoms with Crippen LogP contribution in [0.2, 0.25) is 10.0 Å². The van der Waals surface area contributed by atoms with E-state index in [0.717, 1.165) is 42.0 Å². The Morgan fingerprint density at radius 1 is 0.955 bits per heavy atom. The molecule has 1 aliphatic carbocycles. The minimum Gasteiger partial charge on any atom is -0.352 e. The maximum atomic E-state index is 14.0. The number of halogens is 2. The number of carbonyl (C=O) groups is 3. The lowest BCUT2D eigenvalue weighted by Crippen LogP contribution is -2.53. The van der Waals surface area contributed by atoms with E-state index in [4.69, 9.17) is 23.2 Å². The van der Waals surface area contributed by atoms with Crippen LogP contribution in [0.5, 0.6) is 0 Å². The molecule has 5 rings (SSSR count). The van der Waals surface area contributed by atoms with E-state index >= 15 is 0 Å². The summed E-state index contributed by atoms with van der Waals surface area (Å²) in [5.74, 6) is -1.20. The van der Waals surface area contributed by atoms with E-state index in [2.05, 4.69) is 5.32 Å². The Bertz CT molecular complexity index is 1630. The van der Waals surface area contributed by atoms with Gasteiger partial charge in [-0.05, 0) is 54.7 Å². The van der Waals surface area contributed by atoms with E-state index < -0.39 is 22.0 Å². The highest BCUT2D eigenvalue weighted by Crippen LogP contribution is 2.30. The molecule has 0 aromatic heterocycles. The molecule has 1 fully saturated rings. The van der Waals surface area contributed by atoms with Crippen molar-refractivity contribution in [1.29, 1.82) is 0 Å².